The van der Waals surface area contributed by atoms with Crippen LogP contribution in [0.25, 0.3) is 6.08 Å². The van der Waals surface area contributed by atoms with Crippen molar-refractivity contribution < 1.29 is 19.1 Å². The Morgan fingerprint density at radius 2 is 1.68 bits per heavy atom. The third-order valence-electron chi connectivity index (χ3n) is 5.27. The second kappa shape index (κ2) is 10.9. The van der Waals surface area contributed by atoms with Gasteiger partial charge in [-0.3, -0.25) is 19.3 Å². The lowest BCUT2D eigenvalue weighted by Crippen LogP contribution is -2.36. The zero-order chi connectivity index (χ0) is 23.9. The maximum atomic E-state index is 12.7. The van der Waals surface area contributed by atoms with Crippen molar-refractivity contribution in [3.05, 3.63) is 100 Å². The van der Waals surface area contributed by atoms with Crippen LogP contribution in [0.2, 0.25) is 0 Å². The number of hydrogen-bond donors (Lipinski definition) is 1. The van der Waals surface area contributed by atoms with E-state index < -0.39 is 17.1 Å². The Kier molecular flexibility index (Phi) is 7.44. The van der Waals surface area contributed by atoms with Gasteiger partial charge in [0.05, 0.1) is 11.5 Å². The van der Waals surface area contributed by atoms with Gasteiger partial charge in [0, 0.05) is 12.1 Å². The van der Waals surface area contributed by atoms with Gasteiger partial charge in [-0.2, -0.15) is 0 Å². The van der Waals surface area contributed by atoms with Gasteiger partial charge in [0.15, 0.2) is 0 Å². The van der Waals surface area contributed by atoms with Crippen molar-refractivity contribution in [3.8, 4) is 5.75 Å². The third kappa shape index (κ3) is 5.94. The van der Waals surface area contributed by atoms with E-state index in [1.807, 2.05) is 67.6 Å². The molecule has 0 spiro atoms. The molecule has 0 radical (unpaired) electrons. The lowest BCUT2D eigenvalue weighted by molar-refractivity contribution is -0.127. The predicted molar refractivity (Wildman–Crippen MR) is 135 cm³/mol. The molecule has 4 rings (SSSR count). The van der Waals surface area contributed by atoms with Gasteiger partial charge in [-0.1, -0.05) is 60.7 Å². The monoisotopic (exact) mass is 472 g/mol. The number of benzene rings is 3. The minimum Gasteiger partial charge on any atom is -0.493 e. The zero-order valence-electron chi connectivity index (χ0n) is 18.7. The lowest BCUT2D eigenvalue weighted by atomic mass is 10.2. The molecule has 6 nitrogen and oxygen atoms in total. The van der Waals surface area contributed by atoms with Crippen LogP contribution in [0, 0.1) is 6.92 Å². The normalized spacial score (nSPS) is 14.5. The topological polar surface area (TPSA) is 75.7 Å². The molecule has 7 heteroatoms. The highest BCUT2D eigenvalue weighted by Gasteiger charge is 2.36. The second-order valence-corrected chi connectivity index (χ2v) is 8.78. The molecule has 0 aliphatic carbocycles. The molecule has 1 fully saturated rings. The molecular weight excluding hydrogens is 448 g/mol. The second-order valence-electron chi connectivity index (χ2n) is 7.78. The fraction of sp³-hybridized carbons (Fsp3) is 0.148. The quantitative estimate of drug-likeness (QED) is 0.451. The van der Waals surface area contributed by atoms with Gasteiger partial charge >= 0.3 is 0 Å². The number of carbonyl (C=O) groups is 3. The molecule has 3 aromatic rings. The van der Waals surface area contributed by atoms with E-state index >= 15 is 0 Å². The van der Waals surface area contributed by atoms with Gasteiger partial charge in [-0.05, 0) is 59.7 Å². The summed E-state index contributed by atoms with van der Waals surface area (Å²) in [5.41, 5.74) is 3.53. The molecule has 3 aromatic carbocycles. The summed E-state index contributed by atoms with van der Waals surface area (Å²) in [5.74, 6) is -0.165. The van der Waals surface area contributed by atoms with Crippen LogP contribution in [-0.4, -0.2) is 35.1 Å². The molecule has 1 saturated heterocycles. The van der Waals surface area contributed by atoms with Crippen molar-refractivity contribution in [2.24, 2.45) is 0 Å². The highest BCUT2D eigenvalue weighted by molar-refractivity contribution is 8.18. The summed E-state index contributed by atoms with van der Waals surface area (Å²) in [7, 11) is 0. The maximum Gasteiger partial charge on any atom is 0.294 e. The number of para-hydroxylation sites is 1. The van der Waals surface area contributed by atoms with Crippen molar-refractivity contribution in [2.75, 3.05) is 18.5 Å². The SMILES string of the molecule is Cc1ccccc1NC(=O)CN1C(=O)S/C(=C/c2ccc(OCCc3ccccc3)cc2)C1=O. The van der Waals surface area contributed by atoms with Crippen LogP contribution in [0.5, 0.6) is 5.75 Å². The summed E-state index contributed by atoms with van der Waals surface area (Å²) in [6.45, 7) is 2.11. The van der Waals surface area contributed by atoms with Gasteiger partial charge in [0.1, 0.15) is 12.3 Å². The Morgan fingerprint density at radius 3 is 2.41 bits per heavy atom. The standard InChI is InChI=1S/C27H24N2O4S/c1-19-7-5-6-10-23(19)28-25(30)18-29-26(31)24(34-27(29)32)17-21-11-13-22(14-12-21)33-16-15-20-8-3-2-4-9-20/h2-14,17H,15-16,18H2,1H3,(H,28,30)/b24-17+. The fourth-order valence-electron chi connectivity index (χ4n) is 3.43. The van der Waals surface area contributed by atoms with Crippen LogP contribution in [0.3, 0.4) is 0 Å². The number of imide groups is 1. The molecular formula is C27H24N2O4S. The molecule has 0 saturated carbocycles. The van der Waals surface area contributed by atoms with Gasteiger partial charge in [-0.25, -0.2) is 0 Å². The maximum absolute atomic E-state index is 12.7. The number of nitrogens with zero attached hydrogens (tertiary/aromatic N) is 1. The number of aryl methyl sites for hydroxylation is 1. The van der Waals surface area contributed by atoms with Gasteiger partial charge < -0.3 is 10.1 Å². The van der Waals surface area contributed by atoms with E-state index in [9.17, 15) is 14.4 Å². The number of thioether (sulfide) groups is 1. The summed E-state index contributed by atoms with van der Waals surface area (Å²) in [6.07, 6.45) is 2.46. The predicted octanol–water partition coefficient (Wildman–Crippen LogP) is 5.29. The number of amides is 3. The molecule has 3 amide bonds. The van der Waals surface area contributed by atoms with Crippen molar-refractivity contribution in [1.82, 2.24) is 4.90 Å². The molecule has 0 unspecified atom stereocenters. The fourth-order valence-corrected chi connectivity index (χ4v) is 4.26. The minimum atomic E-state index is -0.474. The van der Waals surface area contributed by atoms with Gasteiger partial charge in [-0.15, -0.1) is 0 Å². The lowest BCUT2D eigenvalue weighted by Gasteiger charge is -2.13. The number of rotatable bonds is 8. The largest absolute Gasteiger partial charge is 0.493 e. The molecule has 1 heterocycles. The summed E-state index contributed by atoms with van der Waals surface area (Å²) < 4.78 is 5.79. The molecule has 0 aromatic heterocycles. The Balaban J connectivity index is 1.33. The highest BCUT2D eigenvalue weighted by Crippen LogP contribution is 2.32. The highest BCUT2D eigenvalue weighted by atomic mass is 32.2. The minimum absolute atomic E-state index is 0.284. The van der Waals surface area contributed by atoms with Gasteiger partial charge in [0.25, 0.3) is 11.1 Å². The van der Waals surface area contributed by atoms with Crippen LogP contribution in [0.1, 0.15) is 16.7 Å². The Morgan fingerprint density at radius 1 is 0.971 bits per heavy atom. The van der Waals surface area contributed by atoms with Crippen molar-refractivity contribution >= 4 is 40.6 Å². The van der Waals surface area contributed by atoms with Crippen LogP contribution >= 0.6 is 11.8 Å². The molecule has 1 N–H and O–H groups in total. The number of carbonyl (C=O) groups excluding carboxylic acids is 3. The van der Waals surface area contributed by atoms with Crippen LogP contribution < -0.4 is 10.1 Å². The molecule has 1 aliphatic heterocycles. The number of anilines is 1. The molecule has 0 bridgehead atoms. The van der Waals surface area contributed by atoms with E-state index in [0.717, 1.165) is 40.0 Å². The average molecular weight is 473 g/mol. The number of hydrogen-bond acceptors (Lipinski definition) is 5. The number of nitrogens with one attached hydrogen (secondary N) is 1. The first kappa shape index (κ1) is 23.3. The molecule has 172 valence electrons. The van der Waals surface area contributed by atoms with Crippen LogP contribution in [0.15, 0.2) is 83.8 Å². The molecule has 1 aliphatic rings. The number of ether oxygens (including phenoxy) is 1. The first-order chi connectivity index (χ1) is 16.5. The summed E-state index contributed by atoms with van der Waals surface area (Å²) in [5, 5.41) is 2.29. The van der Waals surface area contributed by atoms with E-state index in [4.69, 9.17) is 4.74 Å². The van der Waals surface area contributed by atoms with Crippen molar-refractivity contribution in [3.63, 3.8) is 0 Å². The zero-order valence-corrected chi connectivity index (χ0v) is 19.5. The van der Waals surface area contributed by atoms with Gasteiger partial charge in [0.2, 0.25) is 5.91 Å². The summed E-state index contributed by atoms with van der Waals surface area (Å²) in [4.78, 5) is 38.7. The molecule has 34 heavy (non-hydrogen) atoms. The third-order valence-corrected chi connectivity index (χ3v) is 6.18. The van der Waals surface area contributed by atoms with Crippen LogP contribution in [0.4, 0.5) is 10.5 Å². The summed E-state index contributed by atoms with van der Waals surface area (Å²) in [6, 6.07) is 24.8. The average Bonchev–Trinajstić information content (AvgIpc) is 3.09. The van der Waals surface area contributed by atoms with Crippen LogP contribution in [-0.2, 0) is 16.0 Å². The van der Waals surface area contributed by atoms with Crippen molar-refractivity contribution in [1.29, 1.82) is 0 Å². The van der Waals surface area contributed by atoms with E-state index in [1.165, 1.54) is 5.56 Å². The first-order valence-electron chi connectivity index (χ1n) is 10.9. The smallest absolute Gasteiger partial charge is 0.294 e. The Labute approximate surface area is 202 Å². The van der Waals surface area contributed by atoms with E-state index in [0.29, 0.717) is 12.3 Å². The molecule has 0 atom stereocenters. The Hall–Kier alpha value is -3.84. The van der Waals surface area contributed by atoms with E-state index in [-0.39, 0.29) is 11.4 Å². The van der Waals surface area contributed by atoms with E-state index in [1.54, 1.807) is 12.1 Å². The Bertz CT molecular complexity index is 1220. The summed E-state index contributed by atoms with van der Waals surface area (Å²) >= 11 is 0.831. The van der Waals surface area contributed by atoms with E-state index in [2.05, 4.69) is 17.4 Å². The van der Waals surface area contributed by atoms with Crippen molar-refractivity contribution in [2.45, 2.75) is 13.3 Å². The first-order valence-corrected chi connectivity index (χ1v) is 11.7.